The molecule has 0 spiro atoms. The van der Waals surface area contributed by atoms with Crippen LogP contribution in [0.1, 0.15) is 59.3 Å². The van der Waals surface area contributed by atoms with E-state index < -0.39 is 11.9 Å². The molecule has 3 N–H and O–H groups in total. The fraction of sp³-hybridized carbons (Fsp3) is 0.882. The van der Waals surface area contributed by atoms with E-state index in [4.69, 9.17) is 15.2 Å². The first-order valence-corrected chi connectivity index (χ1v) is 8.71. The summed E-state index contributed by atoms with van der Waals surface area (Å²) in [6, 6.07) is -0.606. The fourth-order valence-corrected chi connectivity index (χ4v) is 2.00. The molecule has 0 aromatic rings. The van der Waals surface area contributed by atoms with E-state index in [9.17, 15) is 9.59 Å². The van der Waals surface area contributed by atoms with Gasteiger partial charge in [-0.25, -0.2) is 0 Å². The minimum absolute atomic E-state index is 0.0771. The molecule has 1 unspecified atom stereocenters. The monoisotopic (exact) mass is 330 g/mol. The number of nitrogens with two attached hydrogens (primary N) is 1. The number of carbonyl (C=O) groups is 2. The number of hydrogen-bond acceptors (Lipinski definition) is 4. The summed E-state index contributed by atoms with van der Waals surface area (Å²) >= 11 is 0. The van der Waals surface area contributed by atoms with Crippen LogP contribution in [0.25, 0.3) is 0 Å². The summed E-state index contributed by atoms with van der Waals surface area (Å²) in [5, 5.41) is 2.63. The van der Waals surface area contributed by atoms with Gasteiger partial charge in [0.1, 0.15) is 12.6 Å². The van der Waals surface area contributed by atoms with Crippen LogP contribution in [0.3, 0.4) is 0 Å². The van der Waals surface area contributed by atoms with E-state index >= 15 is 0 Å². The first kappa shape index (κ1) is 21.9. The summed E-state index contributed by atoms with van der Waals surface area (Å²) < 4.78 is 10.6. The number of ether oxygens (including phenoxy) is 2. The van der Waals surface area contributed by atoms with Crippen molar-refractivity contribution in [2.45, 2.75) is 65.3 Å². The van der Waals surface area contributed by atoms with Crippen LogP contribution in [-0.2, 0) is 19.1 Å². The lowest BCUT2D eigenvalue weighted by atomic mass is 10.1. The standard InChI is InChI=1S/C17H34N2O4/c1-4-5-6-7-8-15(17(18)21)19-16(20)13-23-12-11-22-10-9-14(2)3/h14-15H,4-13H2,1-3H3,(H2,18,21)(H,19,20). The SMILES string of the molecule is CCCCCCC(NC(=O)COCCOCCC(C)C)C(N)=O. The number of unbranched alkanes of at least 4 members (excludes halogenated alkanes) is 3. The van der Waals surface area contributed by atoms with Gasteiger partial charge < -0.3 is 20.5 Å². The minimum Gasteiger partial charge on any atom is -0.379 e. The summed E-state index contributed by atoms with van der Waals surface area (Å²) in [7, 11) is 0. The molecule has 2 amide bonds. The number of hydrogen-bond donors (Lipinski definition) is 2. The third kappa shape index (κ3) is 14.2. The molecule has 6 nitrogen and oxygen atoms in total. The Balaban J connectivity index is 3.72. The number of rotatable bonds is 15. The molecule has 0 saturated carbocycles. The zero-order valence-corrected chi connectivity index (χ0v) is 14.9. The maximum absolute atomic E-state index is 11.7. The Hall–Kier alpha value is -1.14. The van der Waals surface area contributed by atoms with E-state index in [0.29, 0.717) is 32.2 Å². The van der Waals surface area contributed by atoms with Gasteiger partial charge in [0.15, 0.2) is 0 Å². The van der Waals surface area contributed by atoms with Gasteiger partial charge in [0.05, 0.1) is 13.2 Å². The van der Waals surface area contributed by atoms with Crippen LogP contribution >= 0.6 is 0 Å². The normalized spacial score (nSPS) is 12.3. The van der Waals surface area contributed by atoms with Crippen LogP contribution < -0.4 is 11.1 Å². The van der Waals surface area contributed by atoms with Crippen molar-refractivity contribution in [2.75, 3.05) is 26.4 Å². The quantitative estimate of drug-likeness (QED) is 0.449. The van der Waals surface area contributed by atoms with E-state index in [2.05, 4.69) is 26.1 Å². The predicted molar refractivity (Wildman–Crippen MR) is 91.0 cm³/mol. The van der Waals surface area contributed by atoms with Crippen molar-refractivity contribution in [1.82, 2.24) is 5.32 Å². The molecule has 6 heteroatoms. The van der Waals surface area contributed by atoms with Gasteiger partial charge in [0.25, 0.3) is 0 Å². The molecule has 0 aliphatic rings. The Morgan fingerprint density at radius 3 is 2.30 bits per heavy atom. The molecule has 23 heavy (non-hydrogen) atoms. The molecule has 0 aromatic carbocycles. The van der Waals surface area contributed by atoms with Gasteiger partial charge in [-0.15, -0.1) is 0 Å². The van der Waals surface area contributed by atoms with Crippen molar-refractivity contribution in [1.29, 1.82) is 0 Å². The minimum atomic E-state index is -0.606. The number of carbonyl (C=O) groups excluding carboxylic acids is 2. The Labute approximate surface area is 140 Å². The molecule has 0 rings (SSSR count). The fourth-order valence-electron chi connectivity index (χ4n) is 2.00. The van der Waals surface area contributed by atoms with Crippen LogP contribution in [0.4, 0.5) is 0 Å². The summed E-state index contributed by atoms with van der Waals surface area (Å²) in [4.78, 5) is 23.1. The highest BCUT2D eigenvalue weighted by atomic mass is 16.5. The Morgan fingerprint density at radius 1 is 1.00 bits per heavy atom. The van der Waals surface area contributed by atoms with E-state index in [0.717, 1.165) is 32.1 Å². The van der Waals surface area contributed by atoms with E-state index in [1.165, 1.54) is 0 Å². The van der Waals surface area contributed by atoms with Gasteiger partial charge in [-0.1, -0.05) is 46.5 Å². The van der Waals surface area contributed by atoms with Crippen LogP contribution in [0, 0.1) is 5.92 Å². The molecule has 1 atom stereocenters. The van der Waals surface area contributed by atoms with Crippen LogP contribution in [-0.4, -0.2) is 44.3 Å². The lowest BCUT2D eigenvalue weighted by Gasteiger charge is -2.15. The lowest BCUT2D eigenvalue weighted by molar-refractivity contribution is -0.130. The van der Waals surface area contributed by atoms with Crippen molar-refractivity contribution in [3.05, 3.63) is 0 Å². The van der Waals surface area contributed by atoms with Gasteiger partial charge in [-0.3, -0.25) is 9.59 Å². The molecular weight excluding hydrogens is 296 g/mol. The third-order valence-electron chi connectivity index (χ3n) is 3.47. The number of nitrogens with one attached hydrogen (secondary N) is 1. The number of amides is 2. The molecule has 136 valence electrons. The Morgan fingerprint density at radius 2 is 1.70 bits per heavy atom. The smallest absolute Gasteiger partial charge is 0.246 e. The zero-order valence-electron chi connectivity index (χ0n) is 14.9. The second-order valence-electron chi connectivity index (χ2n) is 6.22. The van der Waals surface area contributed by atoms with Crippen molar-refractivity contribution < 1.29 is 19.1 Å². The molecule has 0 radical (unpaired) electrons. The average Bonchev–Trinajstić information content (AvgIpc) is 2.48. The molecule has 0 aliphatic heterocycles. The van der Waals surface area contributed by atoms with Crippen molar-refractivity contribution in [3.8, 4) is 0 Å². The van der Waals surface area contributed by atoms with E-state index in [1.807, 2.05) is 0 Å². The third-order valence-corrected chi connectivity index (χ3v) is 3.47. The highest BCUT2D eigenvalue weighted by Gasteiger charge is 2.17. The molecule has 0 saturated heterocycles. The second-order valence-corrected chi connectivity index (χ2v) is 6.22. The Bertz CT molecular complexity index is 322. The second kappa shape index (κ2) is 14.5. The largest absolute Gasteiger partial charge is 0.379 e. The lowest BCUT2D eigenvalue weighted by Crippen LogP contribution is -2.45. The molecule has 0 aromatic heterocycles. The highest BCUT2D eigenvalue weighted by Crippen LogP contribution is 2.05. The molecular formula is C17H34N2O4. The van der Waals surface area contributed by atoms with Gasteiger partial charge >= 0.3 is 0 Å². The van der Waals surface area contributed by atoms with Crippen LogP contribution in [0.15, 0.2) is 0 Å². The van der Waals surface area contributed by atoms with E-state index in [1.54, 1.807) is 0 Å². The number of primary amides is 1. The van der Waals surface area contributed by atoms with Crippen molar-refractivity contribution in [3.63, 3.8) is 0 Å². The summed E-state index contributed by atoms with van der Waals surface area (Å²) in [5.41, 5.74) is 5.32. The maximum Gasteiger partial charge on any atom is 0.246 e. The maximum atomic E-state index is 11.7. The van der Waals surface area contributed by atoms with Gasteiger partial charge in [0.2, 0.25) is 11.8 Å². The topological polar surface area (TPSA) is 90.7 Å². The molecule has 0 heterocycles. The Kier molecular flexibility index (Phi) is 13.7. The average molecular weight is 330 g/mol. The highest BCUT2D eigenvalue weighted by molar-refractivity contribution is 5.86. The molecule has 0 aliphatic carbocycles. The van der Waals surface area contributed by atoms with Gasteiger partial charge in [-0.2, -0.15) is 0 Å². The first-order chi connectivity index (χ1) is 11.0. The molecule has 0 bridgehead atoms. The van der Waals surface area contributed by atoms with Crippen LogP contribution in [0.2, 0.25) is 0 Å². The van der Waals surface area contributed by atoms with Gasteiger partial charge in [-0.05, 0) is 18.8 Å². The molecule has 0 fully saturated rings. The van der Waals surface area contributed by atoms with E-state index in [-0.39, 0.29) is 12.5 Å². The van der Waals surface area contributed by atoms with Gasteiger partial charge in [0, 0.05) is 6.61 Å². The van der Waals surface area contributed by atoms with Crippen molar-refractivity contribution in [2.24, 2.45) is 11.7 Å². The summed E-state index contributed by atoms with van der Waals surface area (Å²) in [5.74, 6) is -0.192. The summed E-state index contributed by atoms with van der Waals surface area (Å²) in [6.45, 7) is 7.86. The summed E-state index contributed by atoms with van der Waals surface area (Å²) in [6.07, 6.45) is 5.77. The van der Waals surface area contributed by atoms with Crippen LogP contribution in [0.5, 0.6) is 0 Å². The predicted octanol–water partition coefficient (Wildman–Crippen LogP) is 2.01. The zero-order chi connectivity index (χ0) is 17.5. The van der Waals surface area contributed by atoms with Crippen molar-refractivity contribution >= 4 is 11.8 Å². The first-order valence-electron chi connectivity index (χ1n) is 8.71.